The number of terminal acetylenes is 1. The predicted octanol–water partition coefficient (Wildman–Crippen LogP) is 2.74. The van der Waals surface area contributed by atoms with Gasteiger partial charge in [0.2, 0.25) is 0 Å². The SMILES string of the molecule is C#CCNC(C)Cc1ccc(Br)c(F)c1. The molecule has 15 heavy (non-hydrogen) atoms. The smallest absolute Gasteiger partial charge is 0.137 e. The van der Waals surface area contributed by atoms with Crippen LogP contribution in [0.4, 0.5) is 4.39 Å². The molecule has 0 spiro atoms. The number of rotatable bonds is 4. The summed E-state index contributed by atoms with van der Waals surface area (Å²) < 4.78 is 13.7. The van der Waals surface area contributed by atoms with E-state index in [1.54, 1.807) is 6.07 Å². The molecule has 0 aliphatic heterocycles. The summed E-state index contributed by atoms with van der Waals surface area (Å²) in [6, 6.07) is 5.42. The lowest BCUT2D eigenvalue weighted by molar-refractivity contribution is 0.578. The van der Waals surface area contributed by atoms with E-state index in [9.17, 15) is 4.39 Å². The van der Waals surface area contributed by atoms with Crippen molar-refractivity contribution >= 4 is 15.9 Å². The highest BCUT2D eigenvalue weighted by molar-refractivity contribution is 9.10. The van der Waals surface area contributed by atoms with E-state index in [0.29, 0.717) is 11.0 Å². The lowest BCUT2D eigenvalue weighted by atomic mass is 10.1. The molecule has 3 heteroatoms. The molecule has 0 saturated carbocycles. The Morgan fingerprint density at radius 3 is 2.93 bits per heavy atom. The van der Waals surface area contributed by atoms with Gasteiger partial charge in [-0.15, -0.1) is 6.42 Å². The monoisotopic (exact) mass is 269 g/mol. The van der Waals surface area contributed by atoms with Gasteiger partial charge < -0.3 is 5.32 Å². The van der Waals surface area contributed by atoms with Crippen molar-refractivity contribution < 1.29 is 4.39 Å². The summed E-state index contributed by atoms with van der Waals surface area (Å²) in [6.07, 6.45) is 5.91. The third-order valence-corrected chi connectivity index (χ3v) is 2.72. The third kappa shape index (κ3) is 4.03. The topological polar surface area (TPSA) is 12.0 Å². The van der Waals surface area contributed by atoms with Crippen molar-refractivity contribution in [1.82, 2.24) is 5.32 Å². The van der Waals surface area contributed by atoms with Crippen molar-refractivity contribution in [2.45, 2.75) is 19.4 Å². The average molecular weight is 270 g/mol. The molecule has 0 aliphatic rings. The standard InChI is InChI=1S/C12H13BrFN/c1-3-6-15-9(2)7-10-4-5-11(13)12(14)8-10/h1,4-5,8-9,15H,6-7H2,2H3. The fourth-order valence-corrected chi connectivity index (χ4v) is 1.57. The minimum atomic E-state index is -0.225. The van der Waals surface area contributed by atoms with E-state index in [1.807, 2.05) is 13.0 Å². The first-order valence-corrected chi connectivity index (χ1v) is 5.53. The molecule has 1 aromatic rings. The molecule has 1 nitrogen and oxygen atoms in total. The summed E-state index contributed by atoms with van der Waals surface area (Å²) in [5, 5.41) is 3.14. The second-order valence-electron chi connectivity index (χ2n) is 3.44. The van der Waals surface area contributed by atoms with Crippen LogP contribution < -0.4 is 5.32 Å². The molecule has 0 bridgehead atoms. The van der Waals surface area contributed by atoms with Crippen LogP contribution in [0.1, 0.15) is 12.5 Å². The zero-order valence-electron chi connectivity index (χ0n) is 8.56. The maximum atomic E-state index is 13.2. The Labute approximate surface area is 98.2 Å². The minimum Gasteiger partial charge on any atom is -0.303 e. The first-order chi connectivity index (χ1) is 7.13. The molecule has 1 atom stereocenters. The molecule has 80 valence electrons. The van der Waals surface area contributed by atoms with Gasteiger partial charge in [0, 0.05) is 6.04 Å². The lowest BCUT2D eigenvalue weighted by Crippen LogP contribution is -2.28. The van der Waals surface area contributed by atoms with E-state index in [-0.39, 0.29) is 11.9 Å². The maximum absolute atomic E-state index is 13.2. The van der Waals surface area contributed by atoms with Crippen molar-refractivity contribution in [3.8, 4) is 12.3 Å². The van der Waals surface area contributed by atoms with Gasteiger partial charge in [0.25, 0.3) is 0 Å². The summed E-state index contributed by atoms with van der Waals surface area (Å²) >= 11 is 3.12. The van der Waals surface area contributed by atoms with Gasteiger partial charge in [0.15, 0.2) is 0 Å². The predicted molar refractivity (Wildman–Crippen MR) is 64.1 cm³/mol. The van der Waals surface area contributed by atoms with Gasteiger partial charge in [0.1, 0.15) is 5.82 Å². The number of halogens is 2. The molecule has 1 rings (SSSR count). The van der Waals surface area contributed by atoms with Crippen LogP contribution in [0.5, 0.6) is 0 Å². The quantitative estimate of drug-likeness (QED) is 0.829. The fraction of sp³-hybridized carbons (Fsp3) is 0.333. The third-order valence-electron chi connectivity index (χ3n) is 2.08. The summed E-state index contributed by atoms with van der Waals surface area (Å²) in [4.78, 5) is 0. The van der Waals surface area contributed by atoms with Crippen molar-refractivity contribution in [3.63, 3.8) is 0 Å². The highest BCUT2D eigenvalue weighted by Crippen LogP contribution is 2.17. The van der Waals surface area contributed by atoms with Gasteiger partial charge in [0.05, 0.1) is 11.0 Å². The van der Waals surface area contributed by atoms with Gasteiger partial charge in [-0.3, -0.25) is 0 Å². The molecule has 0 heterocycles. The van der Waals surface area contributed by atoms with E-state index in [1.165, 1.54) is 6.07 Å². The molecule has 1 N–H and O–H groups in total. The summed E-state index contributed by atoms with van der Waals surface area (Å²) in [7, 11) is 0. The largest absolute Gasteiger partial charge is 0.303 e. The van der Waals surface area contributed by atoms with Crippen LogP contribution >= 0.6 is 15.9 Å². The molecule has 0 radical (unpaired) electrons. The van der Waals surface area contributed by atoms with Crippen LogP contribution in [0.2, 0.25) is 0 Å². The van der Waals surface area contributed by atoms with Crippen LogP contribution in [-0.2, 0) is 6.42 Å². The van der Waals surface area contributed by atoms with E-state index in [0.717, 1.165) is 12.0 Å². The average Bonchev–Trinajstić information content (AvgIpc) is 2.20. The summed E-state index contributed by atoms with van der Waals surface area (Å²) in [5.74, 6) is 2.29. The van der Waals surface area contributed by atoms with Crippen LogP contribution in [0, 0.1) is 18.2 Å². The zero-order chi connectivity index (χ0) is 11.3. The number of nitrogens with one attached hydrogen (secondary N) is 1. The van der Waals surface area contributed by atoms with Crippen LogP contribution in [0.3, 0.4) is 0 Å². The van der Waals surface area contributed by atoms with E-state index >= 15 is 0 Å². The van der Waals surface area contributed by atoms with E-state index < -0.39 is 0 Å². The molecule has 0 fully saturated rings. The molecule has 0 amide bonds. The summed E-state index contributed by atoms with van der Waals surface area (Å²) in [6.45, 7) is 2.57. The maximum Gasteiger partial charge on any atom is 0.137 e. The normalized spacial score (nSPS) is 12.1. The summed E-state index contributed by atoms with van der Waals surface area (Å²) in [5.41, 5.74) is 0.965. The van der Waals surface area contributed by atoms with E-state index in [2.05, 4.69) is 27.2 Å². The van der Waals surface area contributed by atoms with Crippen molar-refractivity contribution in [1.29, 1.82) is 0 Å². The van der Waals surface area contributed by atoms with Crippen molar-refractivity contribution in [2.24, 2.45) is 0 Å². The molecular formula is C12H13BrFN. The highest BCUT2D eigenvalue weighted by Gasteiger charge is 2.04. The first kappa shape index (κ1) is 12.2. The van der Waals surface area contributed by atoms with Gasteiger partial charge >= 0.3 is 0 Å². The Kier molecular flexibility index (Phi) is 4.80. The molecule has 0 aromatic heterocycles. The Bertz CT molecular complexity index is 370. The highest BCUT2D eigenvalue weighted by atomic mass is 79.9. The first-order valence-electron chi connectivity index (χ1n) is 4.74. The molecule has 1 unspecified atom stereocenters. The van der Waals surface area contributed by atoms with Gasteiger partial charge in [-0.25, -0.2) is 4.39 Å². The van der Waals surface area contributed by atoms with E-state index in [4.69, 9.17) is 6.42 Å². The fourth-order valence-electron chi connectivity index (χ4n) is 1.33. The van der Waals surface area contributed by atoms with Crippen molar-refractivity contribution in [2.75, 3.05) is 6.54 Å². The molecule has 0 saturated heterocycles. The van der Waals surface area contributed by atoms with Crippen LogP contribution in [-0.4, -0.2) is 12.6 Å². The molecule has 0 aliphatic carbocycles. The Morgan fingerprint density at radius 2 is 2.33 bits per heavy atom. The second kappa shape index (κ2) is 5.89. The van der Waals surface area contributed by atoms with Gasteiger partial charge in [-0.1, -0.05) is 12.0 Å². The second-order valence-corrected chi connectivity index (χ2v) is 4.29. The number of hydrogen-bond donors (Lipinski definition) is 1. The van der Waals surface area contributed by atoms with Crippen LogP contribution in [0.25, 0.3) is 0 Å². The lowest BCUT2D eigenvalue weighted by Gasteiger charge is -2.11. The van der Waals surface area contributed by atoms with Gasteiger partial charge in [-0.05, 0) is 47.0 Å². The Morgan fingerprint density at radius 1 is 1.60 bits per heavy atom. The molecule has 1 aromatic carbocycles. The minimum absolute atomic E-state index is 0.225. The number of hydrogen-bond acceptors (Lipinski definition) is 1. The van der Waals surface area contributed by atoms with Crippen LogP contribution in [0.15, 0.2) is 22.7 Å². The van der Waals surface area contributed by atoms with Crippen molar-refractivity contribution in [3.05, 3.63) is 34.1 Å². The molecular weight excluding hydrogens is 257 g/mol. The number of benzene rings is 1. The van der Waals surface area contributed by atoms with Gasteiger partial charge in [-0.2, -0.15) is 0 Å². The zero-order valence-corrected chi connectivity index (χ0v) is 10.1. The Hall–Kier alpha value is -0.850. The Balaban J connectivity index is 2.57.